The van der Waals surface area contributed by atoms with Crippen molar-refractivity contribution >= 4 is 31.7 Å². The van der Waals surface area contributed by atoms with Gasteiger partial charge >= 0.3 is 16.5 Å². The van der Waals surface area contributed by atoms with Gasteiger partial charge in [-0.15, -0.1) is 31.7 Å². The fraction of sp³-hybridized carbons (Fsp3) is 1.00. The van der Waals surface area contributed by atoms with E-state index in [9.17, 15) is 0 Å². The van der Waals surface area contributed by atoms with Crippen LogP contribution in [0.1, 0.15) is 0 Å². The second kappa shape index (κ2) is 26.7. The molecule has 0 aliphatic carbocycles. The molecule has 0 rings (SSSR count). The van der Waals surface area contributed by atoms with Crippen LogP contribution in [0.4, 0.5) is 0 Å². The molecule has 0 fully saturated rings. The summed E-state index contributed by atoms with van der Waals surface area (Å²) in [5.41, 5.74) is 0. The SMILES string of the molecule is CP(C)C.CP(C)C.CP(C)C.CP(C)C.[Ni+2]. The van der Waals surface area contributed by atoms with Crippen molar-refractivity contribution in [1.82, 2.24) is 0 Å². The van der Waals surface area contributed by atoms with E-state index in [-0.39, 0.29) is 16.5 Å². The van der Waals surface area contributed by atoms with Crippen LogP contribution in [0.5, 0.6) is 0 Å². The quantitative estimate of drug-likeness (QED) is 0.398. The summed E-state index contributed by atoms with van der Waals surface area (Å²) in [5, 5.41) is 0. The van der Waals surface area contributed by atoms with Crippen molar-refractivity contribution in [3.63, 3.8) is 0 Å². The van der Waals surface area contributed by atoms with Crippen LogP contribution >= 0.6 is 31.7 Å². The summed E-state index contributed by atoms with van der Waals surface area (Å²) in [6.45, 7) is 26.8. The second-order valence-corrected chi connectivity index (χ2v) is 16.1. The molecule has 0 bridgehead atoms. The number of rotatable bonds is 0. The summed E-state index contributed by atoms with van der Waals surface area (Å²) in [5.74, 6) is 0. The van der Waals surface area contributed by atoms with Crippen molar-refractivity contribution < 1.29 is 16.5 Å². The number of hydrogen-bond donors (Lipinski definition) is 0. The molecule has 17 heavy (non-hydrogen) atoms. The van der Waals surface area contributed by atoms with Crippen molar-refractivity contribution in [3.8, 4) is 0 Å². The summed E-state index contributed by atoms with van der Waals surface area (Å²) in [6, 6.07) is 0. The monoisotopic (exact) mass is 362 g/mol. The van der Waals surface area contributed by atoms with E-state index < -0.39 is 0 Å². The molecular weight excluding hydrogens is 327 g/mol. The van der Waals surface area contributed by atoms with E-state index in [1.165, 1.54) is 0 Å². The van der Waals surface area contributed by atoms with E-state index in [1.54, 1.807) is 0 Å². The fourth-order valence-electron chi connectivity index (χ4n) is 0. The molecule has 0 heterocycles. The molecule has 0 radical (unpaired) electrons. The van der Waals surface area contributed by atoms with Gasteiger partial charge in [0.25, 0.3) is 0 Å². The Morgan fingerprint density at radius 1 is 0.294 bits per heavy atom. The molecule has 5 heteroatoms. The Morgan fingerprint density at radius 2 is 0.294 bits per heavy atom. The Bertz CT molecular complexity index is 61.5. The molecule has 0 unspecified atom stereocenters. The minimum atomic E-state index is 0. The van der Waals surface area contributed by atoms with Crippen LogP contribution in [0.3, 0.4) is 0 Å². The molecule has 0 aliphatic heterocycles. The van der Waals surface area contributed by atoms with Gasteiger partial charge in [-0.25, -0.2) is 0 Å². The molecular formula is C12H36NiP4+2. The Kier molecular flexibility index (Phi) is 49.6. The second-order valence-electron chi connectivity index (χ2n) is 5.37. The predicted molar refractivity (Wildman–Crippen MR) is 98.8 cm³/mol. The van der Waals surface area contributed by atoms with E-state index in [1.807, 2.05) is 0 Å². The normalized spacial score (nSPS) is 8.47. The average Bonchev–Trinajstić information content (AvgIpc) is 1.76. The van der Waals surface area contributed by atoms with E-state index in [2.05, 4.69) is 80.0 Å². The Labute approximate surface area is 128 Å². The molecule has 0 amide bonds. The van der Waals surface area contributed by atoms with Gasteiger partial charge in [-0.1, -0.05) is 0 Å². The van der Waals surface area contributed by atoms with Gasteiger partial charge in [-0.2, -0.15) is 0 Å². The zero-order chi connectivity index (χ0) is 14.3. The molecule has 0 saturated carbocycles. The molecule has 0 spiro atoms. The summed E-state index contributed by atoms with van der Waals surface area (Å²) in [6.07, 6.45) is 0. The van der Waals surface area contributed by atoms with Crippen LogP contribution < -0.4 is 0 Å². The largest absolute Gasteiger partial charge is 2.00 e. The van der Waals surface area contributed by atoms with E-state index in [4.69, 9.17) is 0 Å². The van der Waals surface area contributed by atoms with Gasteiger partial charge < -0.3 is 0 Å². The molecule has 112 valence electrons. The number of hydrogen-bond acceptors (Lipinski definition) is 0. The van der Waals surface area contributed by atoms with Gasteiger partial charge in [-0.3, -0.25) is 0 Å². The zero-order valence-electron chi connectivity index (χ0n) is 14.1. The van der Waals surface area contributed by atoms with E-state index in [0.29, 0.717) is 31.7 Å². The third-order valence-corrected chi connectivity index (χ3v) is 0. The van der Waals surface area contributed by atoms with Crippen molar-refractivity contribution in [2.24, 2.45) is 0 Å². The smallest absolute Gasteiger partial charge is 0.116 e. The zero-order valence-corrected chi connectivity index (χ0v) is 18.7. The van der Waals surface area contributed by atoms with Gasteiger partial charge in [0, 0.05) is 0 Å². The minimum Gasteiger partial charge on any atom is -0.116 e. The van der Waals surface area contributed by atoms with E-state index >= 15 is 0 Å². The molecule has 0 aromatic carbocycles. The maximum absolute atomic E-state index is 2.23. The molecule has 0 aromatic heterocycles. The summed E-state index contributed by atoms with van der Waals surface area (Å²) < 4.78 is 0. The maximum Gasteiger partial charge on any atom is 2.00 e. The van der Waals surface area contributed by atoms with Crippen LogP contribution in [0.15, 0.2) is 0 Å². The van der Waals surface area contributed by atoms with Crippen LogP contribution in [0.2, 0.25) is 0 Å². The maximum atomic E-state index is 2.23. The average molecular weight is 363 g/mol. The summed E-state index contributed by atoms with van der Waals surface area (Å²) >= 11 is 0. The summed E-state index contributed by atoms with van der Waals surface area (Å²) in [4.78, 5) is 0. The Hall–Kier alpha value is 2.21. The first-order valence-corrected chi connectivity index (χ1v) is 16.1. The first-order valence-electron chi connectivity index (χ1n) is 5.37. The molecule has 0 aromatic rings. The minimum absolute atomic E-state index is 0. The van der Waals surface area contributed by atoms with Crippen molar-refractivity contribution in [3.05, 3.63) is 0 Å². The topological polar surface area (TPSA) is 0 Å². The van der Waals surface area contributed by atoms with Gasteiger partial charge in [-0.05, 0) is 80.0 Å². The van der Waals surface area contributed by atoms with Crippen LogP contribution in [0, 0.1) is 0 Å². The standard InChI is InChI=1S/4C3H9P.Ni/c4*1-4(2)3;/h4*1-3H3;/q;;;;+2. The third kappa shape index (κ3) is 977. The van der Waals surface area contributed by atoms with Crippen LogP contribution in [-0.2, 0) is 16.5 Å². The molecule has 0 N–H and O–H groups in total. The Morgan fingerprint density at radius 3 is 0.294 bits per heavy atom. The third-order valence-electron chi connectivity index (χ3n) is 0. The Balaban J connectivity index is -0.0000000369. The van der Waals surface area contributed by atoms with E-state index in [0.717, 1.165) is 0 Å². The summed E-state index contributed by atoms with van der Waals surface area (Å²) in [7, 11) is 1.52. The van der Waals surface area contributed by atoms with Gasteiger partial charge in [0.2, 0.25) is 0 Å². The molecule has 0 aliphatic rings. The van der Waals surface area contributed by atoms with Gasteiger partial charge in [0.15, 0.2) is 0 Å². The van der Waals surface area contributed by atoms with Crippen LogP contribution in [0.25, 0.3) is 0 Å². The van der Waals surface area contributed by atoms with Crippen molar-refractivity contribution in [2.75, 3.05) is 80.0 Å². The first kappa shape index (κ1) is 31.5. The molecule has 0 atom stereocenters. The molecule has 0 saturated heterocycles. The van der Waals surface area contributed by atoms with Crippen LogP contribution in [-0.4, -0.2) is 80.0 Å². The van der Waals surface area contributed by atoms with Gasteiger partial charge in [0.1, 0.15) is 0 Å². The van der Waals surface area contributed by atoms with Crippen molar-refractivity contribution in [2.45, 2.75) is 0 Å². The van der Waals surface area contributed by atoms with Crippen molar-refractivity contribution in [1.29, 1.82) is 0 Å². The fourth-order valence-corrected chi connectivity index (χ4v) is 0. The first-order chi connectivity index (χ1) is 6.93. The predicted octanol–water partition coefficient (Wildman–Crippen LogP) is 5.43. The molecule has 0 nitrogen and oxygen atoms in total. The van der Waals surface area contributed by atoms with Gasteiger partial charge in [0.05, 0.1) is 0 Å².